The van der Waals surface area contributed by atoms with Crippen molar-refractivity contribution < 1.29 is 9.18 Å². The first-order chi connectivity index (χ1) is 17.7. The summed E-state index contributed by atoms with van der Waals surface area (Å²) in [6.07, 6.45) is 7.01. The Morgan fingerprint density at radius 1 is 0.861 bits per heavy atom. The lowest BCUT2D eigenvalue weighted by Gasteiger charge is -2.39. The zero-order valence-corrected chi connectivity index (χ0v) is 20.5. The molecule has 36 heavy (non-hydrogen) atoms. The van der Waals surface area contributed by atoms with Gasteiger partial charge in [0.05, 0.1) is 0 Å². The van der Waals surface area contributed by atoms with Crippen LogP contribution in [-0.4, -0.2) is 66.1 Å². The van der Waals surface area contributed by atoms with Gasteiger partial charge in [-0.25, -0.2) is 14.4 Å². The Kier molecular flexibility index (Phi) is 7.71. The molecule has 2 aromatic carbocycles. The van der Waals surface area contributed by atoms with E-state index in [9.17, 15) is 9.18 Å². The highest BCUT2D eigenvalue weighted by Crippen LogP contribution is 2.24. The molecule has 0 aliphatic carbocycles. The molecule has 7 nitrogen and oxygen atoms in total. The highest BCUT2D eigenvalue weighted by atomic mass is 19.1. The van der Waals surface area contributed by atoms with Gasteiger partial charge in [-0.3, -0.25) is 9.69 Å². The number of aromatic nitrogens is 2. The van der Waals surface area contributed by atoms with E-state index in [1.54, 1.807) is 18.2 Å². The van der Waals surface area contributed by atoms with Gasteiger partial charge in [-0.2, -0.15) is 0 Å². The minimum atomic E-state index is -0.306. The fourth-order valence-electron chi connectivity index (χ4n) is 5.19. The van der Waals surface area contributed by atoms with Crippen LogP contribution in [0.5, 0.6) is 0 Å². The van der Waals surface area contributed by atoms with Crippen molar-refractivity contribution in [2.45, 2.75) is 31.8 Å². The quantitative estimate of drug-likeness (QED) is 0.571. The standard InChI is InChI=1S/C28H33FN6O/c29-26-6-2-1-5-23(26)21-32-27(36)22-7-9-24(10-8-22)34-17-11-25(12-18-34)33-15-4-16-35(20-19-33)28-30-13-3-14-31-28/h1-3,5-10,13-14,25H,4,11-12,15-21H2,(H,32,36). The predicted octanol–water partition coefficient (Wildman–Crippen LogP) is 3.73. The summed E-state index contributed by atoms with van der Waals surface area (Å²) in [5.41, 5.74) is 2.21. The van der Waals surface area contributed by atoms with Crippen LogP contribution >= 0.6 is 0 Å². The van der Waals surface area contributed by atoms with Crippen molar-refractivity contribution in [3.63, 3.8) is 0 Å². The van der Waals surface area contributed by atoms with Crippen molar-refractivity contribution >= 4 is 17.5 Å². The SMILES string of the molecule is O=C(NCc1ccccc1F)c1ccc(N2CCC(N3CCCN(c4ncccn4)CC3)CC2)cc1. The highest BCUT2D eigenvalue weighted by molar-refractivity contribution is 5.94. The zero-order valence-electron chi connectivity index (χ0n) is 20.5. The second-order valence-electron chi connectivity index (χ2n) is 9.46. The maximum Gasteiger partial charge on any atom is 0.251 e. The first-order valence-electron chi connectivity index (χ1n) is 12.8. The molecule has 2 aliphatic heterocycles. The monoisotopic (exact) mass is 488 g/mol. The molecule has 3 heterocycles. The van der Waals surface area contributed by atoms with E-state index in [4.69, 9.17) is 0 Å². The maximum atomic E-state index is 13.8. The van der Waals surface area contributed by atoms with Crippen LogP contribution in [0.3, 0.4) is 0 Å². The van der Waals surface area contributed by atoms with Crippen molar-refractivity contribution in [3.8, 4) is 0 Å². The third-order valence-corrected chi connectivity index (χ3v) is 7.24. The van der Waals surface area contributed by atoms with E-state index in [0.717, 1.165) is 70.2 Å². The van der Waals surface area contributed by atoms with Crippen LogP contribution in [0.15, 0.2) is 67.0 Å². The molecule has 0 spiro atoms. The molecule has 8 heteroatoms. The van der Waals surface area contributed by atoms with Gasteiger partial charge in [-0.15, -0.1) is 0 Å². The Morgan fingerprint density at radius 3 is 2.36 bits per heavy atom. The molecule has 3 aromatic rings. The summed E-state index contributed by atoms with van der Waals surface area (Å²) in [4.78, 5) is 28.7. The Morgan fingerprint density at radius 2 is 1.61 bits per heavy atom. The number of carbonyl (C=O) groups excluding carboxylic acids is 1. The second-order valence-corrected chi connectivity index (χ2v) is 9.46. The molecule has 0 saturated carbocycles. The molecular weight excluding hydrogens is 455 g/mol. The second kappa shape index (κ2) is 11.5. The average Bonchev–Trinajstić information content (AvgIpc) is 3.20. The molecule has 0 atom stereocenters. The van der Waals surface area contributed by atoms with Gasteiger partial charge in [0.1, 0.15) is 5.82 Å². The molecule has 1 aromatic heterocycles. The van der Waals surface area contributed by atoms with Gasteiger partial charge in [0.15, 0.2) is 0 Å². The topological polar surface area (TPSA) is 64.6 Å². The van der Waals surface area contributed by atoms with Gasteiger partial charge in [0.2, 0.25) is 5.95 Å². The van der Waals surface area contributed by atoms with Gasteiger partial charge in [-0.1, -0.05) is 18.2 Å². The van der Waals surface area contributed by atoms with Crippen molar-refractivity contribution in [3.05, 3.63) is 83.9 Å². The molecule has 2 saturated heterocycles. The van der Waals surface area contributed by atoms with Crippen LogP contribution in [0.25, 0.3) is 0 Å². The summed E-state index contributed by atoms with van der Waals surface area (Å²) < 4.78 is 13.8. The summed E-state index contributed by atoms with van der Waals surface area (Å²) in [6.45, 7) is 6.30. The maximum absolute atomic E-state index is 13.8. The summed E-state index contributed by atoms with van der Waals surface area (Å²) in [6, 6.07) is 16.7. The lowest BCUT2D eigenvalue weighted by molar-refractivity contribution is 0.0950. The van der Waals surface area contributed by atoms with E-state index in [-0.39, 0.29) is 18.3 Å². The number of hydrogen-bond donors (Lipinski definition) is 1. The van der Waals surface area contributed by atoms with Gasteiger partial charge >= 0.3 is 0 Å². The van der Waals surface area contributed by atoms with Crippen LogP contribution in [0, 0.1) is 5.82 Å². The summed E-state index contributed by atoms with van der Waals surface area (Å²) >= 11 is 0. The van der Waals surface area contributed by atoms with Gasteiger partial charge in [0, 0.05) is 81.1 Å². The normalized spacial score (nSPS) is 17.6. The van der Waals surface area contributed by atoms with Crippen molar-refractivity contribution in [1.29, 1.82) is 0 Å². The van der Waals surface area contributed by atoms with E-state index in [0.29, 0.717) is 17.2 Å². The summed E-state index contributed by atoms with van der Waals surface area (Å²) in [5, 5.41) is 2.81. The Bertz CT molecular complexity index is 1130. The molecule has 188 valence electrons. The fraction of sp³-hybridized carbons (Fsp3) is 0.393. The number of rotatable bonds is 6. The van der Waals surface area contributed by atoms with Crippen LogP contribution in [0.2, 0.25) is 0 Å². The first-order valence-corrected chi connectivity index (χ1v) is 12.8. The zero-order chi connectivity index (χ0) is 24.7. The summed E-state index contributed by atoms with van der Waals surface area (Å²) in [7, 11) is 0. The number of halogens is 1. The molecule has 2 fully saturated rings. The fourth-order valence-corrected chi connectivity index (χ4v) is 5.19. The summed E-state index contributed by atoms with van der Waals surface area (Å²) in [5.74, 6) is 0.331. The number of anilines is 2. The van der Waals surface area contributed by atoms with Gasteiger partial charge in [0.25, 0.3) is 5.91 Å². The molecule has 0 radical (unpaired) electrons. The number of nitrogens with zero attached hydrogens (tertiary/aromatic N) is 5. The minimum Gasteiger partial charge on any atom is -0.371 e. The van der Waals surface area contributed by atoms with Crippen LogP contribution < -0.4 is 15.1 Å². The molecule has 0 unspecified atom stereocenters. The van der Waals surface area contributed by atoms with Crippen molar-refractivity contribution in [2.75, 3.05) is 49.1 Å². The first kappa shape index (κ1) is 24.2. The highest BCUT2D eigenvalue weighted by Gasteiger charge is 2.27. The van der Waals surface area contributed by atoms with Gasteiger partial charge < -0.3 is 15.1 Å². The van der Waals surface area contributed by atoms with Crippen LogP contribution in [-0.2, 0) is 6.54 Å². The number of amides is 1. The molecular formula is C28H33FN6O. The van der Waals surface area contributed by atoms with Crippen LogP contribution in [0.4, 0.5) is 16.0 Å². The van der Waals surface area contributed by atoms with Crippen molar-refractivity contribution in [1.82, 2.24) is 20.2 Å². The Balaban J connectivity index is 1.10. The predicted molar refractivity (Wildman–Crippen MR) is 140 cm³/mol. The third-order valence-electron chi connectivity index (χ3n) is 7.24. The molecule has 1 amide bonds. The average molecular weight is 489 g/mol. The lowest BCUT2D eigenvalue weighted by Crippen LogP contribution is -2.46. The number of piperidine rings is 1. The van der Waals surface area contributed by atoms with E-state index in [1.165, 1.54) is 6.07 Å². The van der Waals surface area contributed by atoms with E-state index >= 15 is 0 Å². The largest absolute Gasteiger partial charge is 0.371 e. The van der Waals surface area contributed by atoms with E-state index in [1.807, 2.05) is 42.7 Å². The van der Waals surface area contributed by atoms with Gasteiger partial charge in [-0.05, 0) is 55.7 Å². The Hall–Kier alpha value is -3.52. The lowest BCUT2D eigenvalue weighted by atomic mass is 10.0. The molecule has 0 bridgehead atoms. The Labute approximate surface area is 212 Å². The molecule has 1 N–H and O–H groups in total. The third kappa shape index (κ3) is 5.82. The molecule has 5 rings (SSSR count). The molecule has 2 aliphatic rings. The minimum absolute atomic E-state index is 0.174. The van der Waals surface area contributed by atoms with E-state index < -0.39 is 0 Å². The number of hydrogen-bond acceptors (Lipinski definition) is 6. The smallest absolute Gasteiger partial charge is 0.251 e. The number of carbonyl (C=O) groups is 1. The number of benzene rings is 2. The number of nitrogens with one attached hydrogen (secondary N) is 1. The van der Waals surface area contributed by atoms with Crippen LogP contribution in [0.1, 0.15) is 35.2 Å². The van der Waals surface area contributed by atoms with Crippen molar-refractivity contribution in [2.24, 2.45) is 0 Å². The van der Waals surface area contributed by atoms with E-state index in [2.05, 4.69) is 30.0 Å².